The van der Waals surface area contributed by atoms with Crippen molar-refractivity contribution in [3.63, 3.8) is 0 Å². The van der Waals surface area contributed by atoms with Gasteiger partial charge in [-0.3, -0.25) is 0 Å². The monoisotopic (exact) mass is 310 g/mol. The van der Waals surface area contributed by atoms with Gasteiger partial charge in [0.15, 0.2) is 5.65 Å². The van der Waals surface area contributed by atoms with Crippen LogP contribution < -0.4 is 5.32 Å². The molecule has 0 aliphatic carbocycles. The summed E-state index contributed by atoms with van der Waals surface area (Å²) in [7, 11) is 0. The number of aromatic nitrogens is 3. The molecule has 5 heteroatoms. The van der Waals surface area contributed by atoms with E-state index >= 15 is 0 Å². The average molecular weight is 310 g/mol. The second-order valence-corrected chi connectivity index (χ2v) is 5.94. The van der Waals surface area contributed by atoms with Crippen LogP contribution in [0.1, 0.15) is 43.5 Å². The molecular weight excluding hydrogens is 288 g/mol. The Morgan fingerprint density at radius 1 is 1.17 bits per heavy atom. The van der Waals surface area contributed by atoms with Crippen LogP contribution in [0, 0.1) is 0 Å². The minimum absolute atomic E-state index is 0.0241. The molecule has 1 aromatic carbocycles. The van der Waals surface area contributed by atoms with Crippen molar-refractivity contribution in [1.82, 2.24) is 14.6 Å². The first-order chi connectivity index (χ1) is 11.2. The number of rotatable bonds is 6. The predicted molar refractivity (Wildman–Crippen MR) is 91.6 cm³/mol. The SMILES string of the molecule is CC(C)c1cc(N[C@@H](CCO)c2ccccc2)n2nccc2n1. The van der Waals surface area contributed by atoms with Crippen molar-refractivity contribution in [3.05, 3.63) is 59.9 Å². The summed E-state index contributed by atoms with van der Waals surface area (Å²) in [6, 6.07) is 14.1. The summed E-state index contributed by atoms with van der Waals surface area (Å²) in [5.41, 5.74) is 3.00. The van der Waals surface area contributed by atoms with Gasteiger partial charge >= 0.3 is 0 Å². The highest BCUT2D eigenvalue weighted by atomic mass is 16.3. The Morgan fingerprint density at radius 2 is 1.96 bits per heavy atom. The van der Waals surface area contributed by atoms with E-state index < -0.39 is 0 Å². The Morgan fingerprint density at radius 3 is 2.65 bits per heavy atom. The van der Waals surface area contributed by atoms with Crippen molar-refractivity contribution >= 4 is 11.5 Å². The molecule has 0 aliphatic heterocycles. The van der Waals surface area contributed by atoms with Gasteiger partial charge in [0.05, 0.1) is 12.2 Å². The number of nitrogens with zero attached hydrogens (tertiary/aromatic N) is 3. The molecule has 0 bridgehead atoms. The van der Waals surface area contributed by atoms with Gasteiger partial charge in [-0.25, -0.2) is 4.98 Å². The zero-order valence-corrected chi connectivity index (χ0v) is 13.5. The maximum atomic E-state index is 9.42. The molecular formula is C18H22N4O. The van der Waals surface area contributed by atoms with Crippen LogP contribution in [0.25, 0.3) is 5.65 Å². The second kappa shape index (κ2) is 6.79. The van der Waals surface area contributed by atoms with Gasteiger partial charge in [0.25, 0.3) is 0 Å². The summed E-state index contributed by atoms with van der Waals surface area (Å²) in [6.07, 6.45) is 2.38. The van der Waals surface area contributed by atoms with Gasteiger partial charge in [0, 0.05) is 24.4 Å². The first-order valence-electron chi connectivity index (χ1n) is 7.96. The third kappa shape index (κ3) is 3.35. The van der Waals surface area contributed by atoms with E-state index in [2.05, 4.69) is 41.4 Å². The molecule has 5 nitrogen and oxygen atoms in total. The van der Waals surface area contributed by atoms with Crippen LogP contribution in [0.3, 0.4) is 0 Å². The molecule has 0 saturated heterocycles. The fourth-order valence-electron chi connectivity index (χ4n) is 2.65. The fraction of sp³-hybridized carbons (Fsp3) is 0.333. The molecule has 0 fully saturated rings. The van der Waals surface area contributed by atoms with E-state index in [1.807, 2.05) is 30.3 Å². The molecule has 0 saturated carbocycles. The molecule has 23 heavy (non-hydrogen) atoms. The van der Waals surface area contributed by atoms with E-state index in [9.17, 15) is 5.11 Å². The normalized spacial score (nSPS) is 12.7. The Bertz CT molecular complexity index is 767. The third-order valence-electron chi connectivity index (χ3n) is 3.91. The van der Waals surface area contributed by atoms with Gasteiger partial charge in [-0.2, -0.15) is 9.61 Å². The number of nitrogens with one attached hydrogen (secondary N) is 1. The van der Waals surface area contributed by atoms with E-state index in [1.54, 1.807) is 10.7 Å². The zero-order valence-electron chi connectivity index (χ0n) is 13.5. The minimum atomic E-state index is 0.0241. The number of aliphatic hydroxyl groups excluding tert-OH is 1. The molecule has 3 rings (SSSR count). The number of anilines is 1. The molecule has 0 aliphatic rings. The van der Waals surface area contributed by atoms with Crippen molar-refractivity contribution in [2.24, 2.45) is 0 Å². The quantitative estimate of drug-likeness (QED) is 0.732. The largest absolute Gasteiger partial charge is 0.396 e. The summed E-state index contributed by atoms with van der Waals surface area (Å²) >= 11 is 0. The third-order valence-corrected chi connectivity index (χ3v) is 3.91. The van der Waals surface area contributed by atoms with Gasteiger partial charge in [-0.1, -0.05) is 44.2 Å². The number of aliphatic hydroxyl groups is 1. The molecule has 120 valence electrons. The van der Waals surface area contributed by atoms with Crippen LogP contribution in [0.4, 0.5) is 5.82 Å². The molecule has 0 radical (unpaired) electrons. The Labute approximate surface area is 136 Å². The van der Waals surface area contributed by atoms with Gasteiger partial charge in [0.2, 0.25) is 0 Å². The first-order valence-corrected chi connectivity index (χ1v) is 7.96. The van der Waals surface area contributed by atoms with Gasteiger partial charge < -0.3 is 10.4 Å². The van der Waals surface area contributed by atoms with Gasteiger partial charge in [0.1, 0.15) is 5.82 Å². The number of benzene rings is 1. The second-order valence-electron chi connectivity index (χ2n) is 5.94. The summed E-state index contributed by atoms with van der Waals surface area (Å²) in [5, 5.41) is 17.3. The lowest BCUT2D eigenvalue weighted by Crippen LogP contribution is -2.16. The van der Waals surface area contributed by atoms with Gasteiger partial charge in [-0.15, -0.1) is 0 Å². The van der Waals surface area contributed by atoms with E-state index in [0.717, 1.165) is 22.7 Å². The summed E-state index contributed by atoms with van der Waals surface area (Å²) < 4.78 is 1.80. The van der Waals surface area contributed by atoms with Crippen LogP contribution in [0.15, 0.2) is 48.7 Å². The maximum absolute atomic E-state index is 9.42. The summed E-state index contributed by atoms with van der Waals surface area (Å²) in [5.74, 6) is 1.23. The van der Waals surface area contributed by atoms with Crippen molar-refractivity contribution < 1.29 is 5.11 Å². The Kier molecular flexibility index (Phi) is 4.57. The number of fused-ring (bicyclic) bond motifs is 1. The summed E-state index contributed by atoms with van der Waals surface area (Å²) in [6.45, 7) is 4.37. The lowest BCUT2D eigenvalue weighted by molar-refractivity contribution is 0.280. The molecule has 0 unspecified atom stereocenters. The minimum Gasteiger partial charge on any atom is -0.396 e. The predicted octanol–water partition coefficient (Wildman–Crippen LogP) is 3.39. The number of hydrogen-bond acceptors (Lipinski definition) is 4. The van der Waals surface area contributed by atoms with Crippen molar-refractivity contribution in [2.75, 3.05) is 11.9 Å². The Hall–Kier alpha value is -2.40. The fourth-order valence-corrected chi connectivity index (χ4v) is 2.65. The van der Waals surface area contributed by atoms with E-state index in [4.69, 9.17) is 0 Å². The number of hydrogen-bond donors (Lipinski definition) is 2. The van der Waals surface area contributed by atoms with Crippen LogP contribution in [0.2, 0.25) is 0 Å². The van der Waals surface area contributed by atoms with Crippen LogP contribution in [-0.2, 0) is 0 Å². The summed E-state index contributed by atoms with van der Waals surface area (Å²) in [4.78, 5) is 4.63. The highest BCUT2D eigenvalue weighted by Gasteiger charge is 2.15. The standard InChI is InChI=1S/C18H22N4O/c1-13(2)16-12-18(22-17(21-16)8-10-19-22)20-15(9-11-23)14-6-4-3-5-7-14/h3-8,10,12-13,15,20,23H,9,11H2,1-2H3/t15-/m0/s1. The molecule has 2 heterocycles. The zero-order chi connectivity index (χ0) is 16.2. The highest BCUT2D eigenvalue weighted by molar-refractivity contribution is 5.50. The highest BCUT2D eigenvalue weighted by Crippen LogP contribution is 2.25. The van der Waals surface area contributed by atoms with Crippen LogP contribution >= 0.6 is 0 Å². The molecule has 0 spiro atoms. The first kappa shape index (κ1) is 15.5. The lowest BCUT2D eigenvalue weighted by Gasteiger charge is -2.21. The smallest absolute Gasteiger partial charge is 0.157 e. The molecule has 2 aromatic heterocycles. The maximum Gasteiger partial charge on any atom is 0.157 e. The van der Waals surface area contributed by atoms with E-state index in [-0.39, 0.29) is 12.6 Å². The lowest BCUT2D eigenvalue weighted by atomic mass is 10.0. The van der Waals surface area contributed by atoms with Crippen LogP contribution in [-0.4, -0.2) is 26.3 Å². The van der Waals surface area contributed by atoms with Crippen LogP contribution in [0.5, 0.6) is 0 Å². The molecule has 1 atom stereocenters. The molecule has 2 N–H and O–H groups in total. The van der Waals surface area contributed by atoms with E-state index in [0.29, 0.717) is 12.3 Å². The van der Waals surface area contributed by atoms with Crippen molar-refractivity contribution in [2.45, 2.75) is 32.2 Å². The molecule has 3 aromatic rings. The topological polar surface area (TPSA) is 62.5 Å². The average Bonchev–Trinajstić information content (AvgIpc) is 3.04. The Balaban J connectivity index is 1.99. The van der Waals surface area contributed by atoms with Crippen molar-refractivity contribution in [3.8, 4) is 0 Å². The van der Waals surface area contributed by atoms with Gasteiger partial charge in [-0.05, 0) is 17.9 Å². The van der Waals surface area contributed by atoms with E-state index in [1.165, 1.54) is 0 Å². The van der Waals surface area contributed by atoms with Crippen molar-refractivity contribution in [1.29, 1.82) is 0 Å². The molecule has 0 amide bonds.